The van der Waals surface area contributed by atoms with Gasteiger partial charge in [0.1, 0.15) is 6.10 Å². The summed E-state index contributed by atoms with van der Waals surface area (Å²) in [6, 6.07) is 0. The van der Waals surface area contributed by atoms with Crippen LogP contribution in [-0.4, -0.2) is 22.2 Å². The summed E-state index contributed by atoms with van der Waals surface area (Å²) in [5, 5.41) is 0. The maximum Gasteiger partial charge on any atom is 0.425 e. The van der Waals surface area contributed by atoms with E-state index in [9.17, 15) is 4.79 Å². The van der Waals surface area contributed by atoms with Crippen molar-refractivity contribution in [2.24, 2.45) is 5.41 Å². The maximum absolute atomic E-state index is 11.2. The molecule has 0 aromatic heterocycles. The molecule has 1 heterocycles. The number of cyclic esters (lactones) is 1. The molecule has 3 nitrogen and oxygen atoms in total. The minimum absolute atomic E-state index is 0.0944. The molecular weight excluding hydrogens is 190 g/mol. The average Bonchev–Trinajstić information content (AvgIpc) is 2.12. The lowest BCUT2D eigenvalue weighted by Gasteiger charge is -2.35. The van der Waals surface area contributed by atoms with E-state index in [0.29, 0.717) is 0 Å². The first kappa shape index (κ1) is 10.6. The largest absolute Gasteiger partial charge is 0.442 e. The first-order chi connectivity index (χ1) is 5.67. The molecule has 1 fully saturated rings. The molecule has 0 radical (unpaired) electrons. The van der Waals surface area contributed by atoms with Gasteiger partial charge in [-0.3, -0.25) is 0 Å². The highest BCUT2D eigenvalue weighted by Gasteiger charge is 2.53. The van der Waals surface area contributed by atoms with Crippen molar-refractivity contribution in [1.82, 2.24) is 4.42 Å². The normalized spacial score (nSPS) is 27.7. The highest BCUT2D eigenvalue weighted by Crippen LogP contribution is 2.40. The minimum atomic E-state index is -0.452. The van der Waals surface area contributed by atoms with Gasteiger partial charge in [-0.1, -0.05) is 20.8 Å². The Hall–Kier alpha value is -0.440. The number of halogens is 1. The van der Waals surface area contributed by atoms with Crippen molar-refractivity contribution in [2.45, 2.75) is 46.3 Å². The second kappa shape index (κ2) is 2.77. The molecule has 1 aliphatic rings. The van der Waals surface area contributed by atoms with E-state index in [0.717, 1.165) is 4.42 Å². The summed E-state index contributed by atoms with van der Waals surface area (Å²) in [6.45, 7) is 9.90. The van der Waals surface area contributed by atoms with Gasteiger partial charge in [0.05, 0.1) is 5.54 Å². The Balaban J connectivity index is 2.98. The Labute approximate surface area is 84.1 Å². The van der Waals surface area contributed by atoms with Crippen molar-refractivity contribution in [2.75, 3.05) is 0 Å². The molecule has 13 heavy (non-hydrogen) atoms. The fourth-order valence-electron chi connectivity index (χ4n) is 1.87. The number of carbonyl (C=O) groups excluding carboxylic acids is 1. The van der Waals surface area contributed by atoms with E-state index in [1.54, 1.807) is 0 Å². The van der Waals surface area contributed by atoms with Crippen LogP contribution < -0.4 is 0 Å². The highest BCUT2D eigenvalue weighted by molar-refractivity contribution is 6.21. The van der Waals surface area contributed by atoms with Gasteiger partial charge in [-0.15, -0.1) is 0 Å². The lowest BCUT2D eigenvalue weighted by molar-refractivity contribution is 0.0320. The molecule has 1 atom stereocenters. The lowest BCUT2D eigenvalue weighted by Crippen LogP contribution is -2.47. The molecule has 1 aliphatic heterocycles. The van der Waals surface area contributed by atoms with Crippen molar-refractivity contribution >= 4 is 17.9 Å². The van der Waals surface area contributed by atoms with Gasteiger partial charge in [-0.05, 0) is 13.8 Å². The van der Waals surface area contributed by atoms with E-state index < -0.39 is 11.6 Å². The van der Waals surface area contributed by atoms with Crippen LogP contribution in [0.4, 0.5) is 4.79 Å². The average molecular weight is 206 g/mol. The van der Waals surface area contributed by atoms with E-state index in [1.165, 1.54) is 0 Å². The predicted molar refractivity (Wildman–Crippen MR) is 51.5 cm³/mol. The van der Waals surface area contributed by atoms with E-state index in [2.05, 4.69) is 0 Å². The molecule has 0 saturated carbocycles. The smallest absolute Gasteiger partial charge is 0.425 e. The summed E-state index contributed by atoms with van der Waals surface area (Å²) in [5.41, 5.74) is -0.542. The Morgan fingerprint density at radius 1 is 1.46 bits per heavy atom. The maximum atomic E-state index is 11.2. The molecule has 4 heteroatoms. The van der Waals surface area contributed by atoms with Gasteiger partial charge in [-0.2, -0.15) is 0 Å². The van der Waals surface area contributed by atoms with E-state index >= 15 is 0 Å². The number of amides is 1. The van der Waals surface area contributed by atoms with Crippen molar-refractivity contribution < 1.29 is 9.53 Å². The standard InChI is InChI=1S/C9H16ClNO2/c1-8(2,3)6-9(4,5)11(10)7(12)13-6/h6H,1-5H3. The Bertz CT molecular complexity index is 232. The molecule has 1 amide bonds. The van der Waals surface area contributed by atoms with Crippen LogP contribution in [0.3, 0.4) is 0 Å². The van der Waals surface area contributed by atoms with Crippen LogP contribution in [0.15, 0.2) is 0 Å². The van der Waals surface area contributed by atoms with Gasteiger partial charge in [0.25, 0.3) is 0 Å². The van der Waals surface area contributed by atoms with Crippen molar-refractivity contribution in [3.05, 3.63) is 0 Å². The minimum Gasteiger partial charge on any atom is -0.442 e. The summed E-state index contributed by atoms with van der Waals surface area (Å²) in [5.74, 6) is 0. The van der Waals surface area contributed by atoms with Crippen molar-refractivity contribution in [3.63, 3.8) is 0 Å². The molecule has 0 bridgehead atoms. The first-order valence-corrected chi connectivity index (χ1v) is 4.68. The summed E-state index contributed by atoms with van der Waals surface area (Å²) < 4.78 is 6.35. The third-order valence-electron chi connectivity index (χ3n) is 2.31. The van der Waals surface area contributed by atoms with Gasteiger partial charge in [-0.25, -0.2) is 9.21 Å². The molecule has 76 valence electrons. The van der Waals surface area contributed by atoms with Gasteiger partial charge in [0.15, 0.2) is 0 Å². The topological polar surface area (TPSA) is 29.5 Å². The van der Waals surface area contributed by atoms with Crippen LogP contribution in [0, 0.1) is 5.41 Å². The number of hydrogen-bond donors (Lipinski definition) is 0. The molecule has 0 spiro atoms. The van der Waals surface area contributed by atoms with Gasteiger partial charge < -0.3 is 4.74 Å². The number of carbonyl (C=O) groups is 1. The predicted octanol–water partition coefficient (Wildman–Crippen LogP) is 2.79. The molecule has 1 saturated heterocycles. The quantitative estimate of drug-likeness (QED) is 0.570. The Morgan fingerprint density at radius 3 is 2.08 bits per heavy atom. The van der Waals surface area contributed by atoms with Crippen LogP contribution in [-0.2, 0) is 4.74 Å². The van der Waals surface area contributed by atoms with E-state index in [-0.39, 0.29) is 11.5 Å². The fraction of sp³-hybridized carbons (Fsp3) is 0.889. The number of rotatable bonds is 0. The van der Waals surface area contributed by atoms with Crippen LogP contribution >= 0.6 is 11.8 Å². The van der Waals surface area contributed by atoms with Crippen molar-refractivity contribution in [1.29, 1.82) is 0 Å². The number of nitrogens with zero attached hydrogens (tertiary/aromatic N) is 1. The van der Waals surface area contributed by atoms with Gasteiger partial charge >= 0.3 is 6.09 Å². The molecule has 0 aromatic rings. The van der Waals surface area contributed by atoms with Crippen LogP contribution in [0.5, 0.6) is 0 Å². The zero-order valence-electron chi connectivity index (χ0n) is 8.72. The third-order valence-corrected chi connectivity index (χ3v) is 2.89. The second-order valence-electron chi connectivity index (χ2n) is 5.06. The molecule has 0 aromatic carbocycles. The molecule has 1 unspecified atom stereocenters. The zero-order chi connectivity index (χ0) is 10.4. The van der Waals surface area contributed by atoms with Crippen molar-refractivity contribution in [3.8, 4) is 0 Å². The molecule has 0 N–H and O–H groups in total. The number of hydrogen-bond acceptors (Lipinski definition) is 2. The first-order valence-electron chi connectivity index (χ1n) is 4.34. The van der Waals surface area contributed by atoms with Crippen LogP contribution in [0.2, 0.25) is 0 Å². The third kappa shape index (κ3) is 1.62. The summed E-state index contributed by atoms with van der Waals surface area (Å²) in [7, 11) is 0. The molecular formula is C9H16ClNO2. The zero-order valence-corrected chi connectivity index (χ0v) is 9.47. The lowest BCUT2D eigenvalue weighted by atomic mass is 9.79. The highest BCUT2D eigenvalue weighted by atomic mass is 35.5. The fourth-order valence-corrected chi connectivity index (χ4v) is 1.99. The summed E-state index contributed by atoms with van der Waals surface area (Å²) in [4.78, 5) is 11.2. The van der Waals surface area contributed by atoms with E-state index in [4.69, 9.17) is 16.5 Å². The summed E-state index contributed by atoms with van der Waals surface area (Å²) in [6.07, 6.45) is -0.628. The van der Waals surface area contributed by atoms with E-state index in [1.807, 2.05) is 34.6 Å². The van der Waals surface area contributed by atoms with Gasteiger partial charge in [0, 0.05) is 17.2 Å². The number of ether oxygens (including phenoxy) is 1. The molecule has 1 rings (SSSR count). The molecule has 0 aliphatic carbocycles. The van der Waals surface area contributed by atoms with Crippen LogP contribution in [0.1, 0.15) is 34.6 Å². The second-order valence-corrected chi connectivity index (χ2v) is 5.40. The van der Waals surface area contributed by atoms with Gasteiger partial charge in [0.2, 0.25) is 0 Å². The van der Waals surface area contributed by atoms with Crippen LogP contribution in [0.25, 0.3) is 0 Å². The monoisotopic (exact) mass is 205 g/mol. The Morgan fingerprint density at radius 2 is 1.92 bits per heavy atom. The Kier molecular flexibility index (Phi) is 2.27. The SMILES string of the molecule is CC(C)(C)C1OC(=O)N(Cl)C1(C)C. The summed E-state index contributed by atoms with van der Waals surface area (Å²) >= 11 is 5.81.